The molecule has 168 valence electrons. The summed E-state index contributed by atoms with van der Waals surface area (Å²) >= 11 is 0. The average Bonchev–Trinajstić information content (AvgIpc) is 3.51. The number of hydrogen-bond donors (Lipinski definition) is 1. The fourth-order valence-electron chi connectivity index (χ4n) is 3.08. The van der Waals surface area contributed by atoms with Gasteiger partial charge in [-0.05, 0) is 49.2 Å². The van der Waals surface area contributed by atoms with Crippen molar-refractivity contribution in [2.75, 3.05) is 11.0 Å². The molecule has 1 saturated carbocycles. The van der Waals surface area contributed by atoms with E-state index in [-0.39, 0.29) is 34.6 Å². The van der Waals surface area contributed by atoms with Gasteiger partial charge in [0.25, 0.3) is 5.56 Å². The third-order valence-electron chi connectivity index (χ3n) is 4.68. The molecule has 1 fully saturated rings. The number of nitrogens with zero attached hydrogens (tertiary/aromatic N) is 1. The van der Waals surface area contributed by atoms with Gasteiger partial charge in [0.1, 0.15) is 11.6 Å². The van der Waals surface area contributed by atoms with Crippen LogP contribution in [0.4, 0.5) is 14.5 Å². The fraction of sp³-hybridized carbons (Fsp3) is 0.227. The first-order chi connectivity index (χ1) is 15.1. The maximum Gasteiger partial charge on any atom is 0.292 e. The number of hydrogen-bond acceptors (Lipinski definition) is 5. The van der Waals surface area contributed by atoms with Gasteiger partial charge in [-0.1, -0.05) is 0 Å². The number of sulfonamides is 1. The molecule has 32 heavy (non-hydrogen) atoms. The van der Waals surface area contributed by atoms with E-state index in [1.165, 1.54) is 35.0 Å². The molecule has 0 saturated heterocycles. The second kappa shape index (κ2) is 8.27. The van der Waals surface area contributed by atoms with Crippen molar-refractivity contribution in [2.24, 2.45) is 7.05 Å². The Labute approximate surface area is 183 Å². The van der Waals surface area contributed by atoms with Gasteiger partial charge in [0.15, 0.2) is 17.3 Å². The van der Waals surface area contributed by atoms with Crippen molar-refractivity contribution < 1.29 is 26.7 Å². The molecule has 1 aliphatic rings. The average molecular weight is 462 g/mol. The fourth-order valence-corrected chi connectivity index (χ4v) is 3.63. The lowest BCUT2D eigenvalue weighted by molar-refractivity contribution is 0.297. The first-order valence-electron chi connectivity index (χ1n) is 9.71. The normalized spacial score (nSPS) is 13.6. The van der Waals surface area contributed by atoms with Gasteiger partial charge >= 0.3 is 0 Å². The highest BCUT2D eigenvalue weighted by Crippen LogP contribution is 2.38. The molecule has 0 spiro atoms. The van der Waals surface area contributed by atoms with E-state index in [1.54, 1.807) is 7.05 Å². The summed E-state index contributed by atoms with van der Waals surface area (Å²) in [4.78, 5) is 12.5. The number of aryl methyl sites for hydroxylation is 1. The second-order valence-electron chi connectivity index (χ2n) is 7.59. The SMILES string of the molecule is Cn1cc(-c2cc(NS(C)(=O)=O)ccc2Oc2ccc(F)cc2F)cc(OC2CC2)c1=O. The van der Waals surface area contributed by atoms with Crippen molar-refractivity contribution in [3.63, 3.8) is 0 Å². The molecule has 1 aliphatic carbocycles. The van der Waals surface area contributed by atoms with Gasteiger partial charge in [-0.2, -0.15) is 0 Å². The molecule has 0 unspecified atom stereocenters. The number of anilines is 1. The molecule has 0 radical (unpaired) electrons. The zero-order valence-electron chi connectivity index (χ0n) is 17.3. The maximum atomic E-state index is 14.2. The highest BCUT2D eigenvalue weighted by atomic mass is 32.2. The lowest BCUT2D eigenvalue weighted by Gasteiger charge is -2.16. The Balaban J connectivity index is 1.83. The molecule has 0 aliphatic heterocycles. The summed E-state index contributed by atoms with van der Waals surface area (Å²) in [6.45, 7) is 0. The minimum Gasteiger partial charge on any atom is -0.485 e. The lowest BCUT2D eigenvalue weighted by atomic mass is 10.1. The molecule has 1 aromatic heterocycles. The summed E-state index contributed by atoms with van der Waals surface area (Å²) in [6.07, 6.45) is 4.26. The summed E-state index contributed by atoms with van der Waals surface area (Å²) in [6, 6.07) is 8.85. The summed E-state index contributed by atoms with van der Waals surface area (Å²) in [5.41, 5.74) is 0.780. The van der Waals surface area contributed by atoms with Crippen LogP contribution in [0.5, 0.6) is 17.2 Å². The summed E-state index contributed by atoms with van der Waals surface area (Å²) in [7, 11) is -2.00. The molecule has 0 atom stereocenters. The van der Waals surface area contributed by atoms with Crippen LogP contribution in [0.25, 0.3) is 11.1 Å². The Hall–Kier alpha value is -3.40. The molecular formula is C22H20F2N2O5S. The number of nitrogens with one attached hydrogen (secondary N) is 1. The van der Waals surface area contributed by atoms with Gasteiger partial charge in [-0.15, -0.1) is 0 Å². The number of rotatable bonds is 7. The number of pyridine rings is 1. The van der Waals surface area contributed by atoms with E-state index < -0.39 is 21.7 Å². The molecule has 0 bridgehead atoms. The summed E-state index contributed by atoms with van der Waals surface area (Å²) in [5, 5.41) is 0. The topological polar surface area (TPSA) is 86.6 Å². The molecule has 7 nitrogen and oxygen atoms in total. The molecule has 2 aromatic carbocycles. The van der Waals surface area contributed by atoms with Crippen LogP contribution in [0.3, 0.4) is 0 Å². The van der Waals surface area contributed by atoms with Crippen molar-refractivity contribution >= 4 is 15.7 Å². The van der Waals surface area contributed by atoms with Crippen LogP contribution < -0.4 is 19.8 Å². The zero-order chi connectivity index (χ0) is 23.0. The van der Waals surface area contributed by atoms with Crippen molar-refractivity contribution in [3.8, 4) is 28.4 Å². The first kappa shape index (κ1) is 21.8. The van der Waals surface area contributed by atoms with E-state index in [0.717, 1.165) is 31.2 Å². The predicted molar refractivity (Wildman–Crippen MR) is 116 cm³/mol. The highest BCUT2D eigenvalue weighted by Gasteiger charge is 2.25. The Bertz CT molecular complexity index is 1350. The second-order valence-corrected chi connectivity index (χ2v) is 9.34. The third kappa shape index (κ3) is 5.08. The van der Waals surface area contributed by atoms with Gasteiger partial charge in [0.05, 0.1) is 12.4 Å². The Morgan fingerprint density at radius 2 is 1.75 bits per heavy atom. The Kier molecular flexibility index (Phi) is 5.64. The van der Waals surface area contributed by atoms with E-state index in [9.17, 15) is 22.0 Å². The van der Waals surface area contributed by atoms with Crippen LogP contribution in [0.15, 0.2) is 53.5 Å². The largest absolute Gasteiger partial charge is 0.485 e. The standard InChI is InChI=1S/C22H20F2N2O5S/c1-26-12-13(9-21(22(26)27)30-16-5-6-16)17-11-15(25-32(2,28)29)4-8-19(17)31-20-7-3-14(23)10-18(20)24/h3-4,7-12,16,25H,5-6H2,1-2H3. The van der Waals surface area contributed by atoms with Gasteiger partial charge < -0.3 is 14.0 Å². The van der Waals surface area contributed by atoms with Crippen LogP contribution in [0, 0.1) is 11.6 Å². The number of halogens is 2. The Morgan fingerprint density at radius 3 is 2.41 bits per heavy atom. The zero-order valence-corrected chi connectivity index (χ0v) is 18.1. The van der Waals surface area contributed by atoms with E-state index in [2.05, 4.69) is 4.72 Å². The van der Waals surface area contributed by atoms with Crippen molar-refractivity contribution in [3.05, 3.63) is 70.6 Å². The summed E-state index contributed by atoms with van der Waals surface area (Å²) in [5.74, 6) is -1.54. The monoisotopic (exact) mass is 462 g/mol. The van der Waals surface area contributed by atoms with Crippen molar-refractivity contribution in [1.82, 2.24) is 4.57 Å². The molecule has 4 rings (SSSR count). The quantitative estimate of drug-likeness (QED) is 0.573. The van der Waals surface area contributed by atoms with E-state index in [1.807, 2.05) is 0 Å². The van der Waals surface area contributed by atoms with Crippen LogP contribution in [-0.4, -0.2) is 25.3 Å². The lowest BCUT2D eigenvalue weighted by Crippen LogP contribution is -2.19. The van der Waals surface area contributed by atoms with E-state index >= 15 is 0 Å². The molecular weight excluding hydrogens is 442 g/mol. The van der Waals surface area contributed by atoms with Gasteiger partial charge in [-0.3, -0.25) is 9.52 Å². The molecule has 3 aromatic rings. The number of aromatic nitrogens is 1. The number of benzene rings is 2. The van der Waals surface area contributed by atoms with Crippen LogP contribution in [0.2, 0.25) is 0 Å². The minimum atomic E-state index is -3.56. The molecule has 1 heterocycles. The molecule has 10 heteroatoms. The molecule has 1 N–H and O–H groups in total. The van der Waals surface area contributed by atoms with Crippen molar-refractivity contribution in [1.29, 1.82) is 0 Å². The highest BCUT2D eigenvalue weighted by molar-refractivity contribution is 7.92. The van der Waals surface area contributed by atoms with E-state index in [4.69, 9.17) is 9.47 Å². The number of ether oxygens (including phenoxy) is 2. The smallest absolute Gasteiger partial charge is 0.292 e. The first-order valence-corrected chi connectivity index (χ1v) is 11.6. The van der Waals surface area contributed by atoms with Crippen LogP contribution in [0.1, 0.15) is 12.8 Å². The van der Waals surface area contributed by atoms with Gasteiger partial charge in [-0.25, -0.2) is 17.2 Å². The van der Waals surface area contributed by atoms with Crippen molar-refractivity contribution in [2.45, 2.75) is 18.9 Å². The molecule has 0 amide bonds. The van der Waals surface area contributed by atoms with Crippen LogP contribution >= 0.6 is 0 Å². The van der Waals surface area contributed by atoms with Gasteiger partial charge in [0, 0.05) is 36.1 Å². The van der Waals surface area contributed by atoms with Crippen LogP contribution in [-0.2, 0) is 17.1 Å². The predicted octanol–water partition coefficient (Wildman–Crippen LogP) is 4.04. The summed E-state index contributed by atoms with van der Waals surface area (Å²) < 4.78 is 66.0. The maximum absolute atomic E-state index is 14.2. The third-order valence-corrected chi connectivity index (χ3v) is 5.28. The van der Waals surface area contributed by atoms with Gasteiger partial charge in [0.2, 0.25) is 10.0 Å². The van der Waals surface area contributed by atoms with E-state index in [0.29, 0.717) is 17.2 Å². The minimum absolute atomic E-state index is 0.0137. The Morgan fingerprint density at radius 1 is 1.03 bits per heavy atom.